The van der Waals surface area contributed by atoms with Crippen LogP contribution in [0.4, 0.5) is 0 Å². The Hall–Kier alpha value is -3.20. The molecule has 0 aliphatic heterocycles. The number of hydrogen-bond donors (Lipinski definition) is 0. The number of pyridine rings is 1. The first-order valence-electron chi connectivity index (χ1n) is 8.69. The van der Waals surface area contributed by atoms with E-state index in [1.54, 1.807) is 6.07 Å². The Morgan fingerprint density at radius 1 is 0.885 bits per heavy atom. The summed E-state index contributed by atoms with van der Waals surface area (Å²) in [5, 5.41) is 0.991. The molecule has 0 N–H and O–H groups in total. The predicted octanol–water partition coefficient (Wildman–Crippen LogP) is 4.41. The van der Waals surface area contributed by atoms with Crippen LogP contribution in [0.15, 0.2) is 82.3 Å². The van der Waals surface area contributed by atoms with Crippen LogP contribution in [0.2, 0.25) is 0 Å². The molecular formula is C23H20NO2+. The average Bonchev–Trinajstić information content (AvgIpc) is 2.64. The summed E-state index contributed by atoms with van der Waals surface area (Å²) < 4.78 is 7.51. The standard InChI is InChI=1S/C23H20NO2/c1-16-11-21-20(13-23(25)26-22(21)12-17(16)2)15-24-10-6-9-19(14-24)18-7-4-3-5-8-18/h3-14H,15H2,1-2H3/q+1. The lowest BCUT2D eigenvalue weighted by molar-refractivity contribution is -0.687. The molecule has 0 bridgehead atoms. The molecule has 3 nitrogen and oxygen atoms in total. The fourth-order valence-electron chi connectivity index (χ4n) is 3.23. The lowest BCUT2D eigenvalue weighted by Gasteiger charge is -2.07. The largest absolute Gasteiger partial charge is 0.423 e. The average molecular weight is 342 g/mol. The minimum atomic E-state index is -0.310. The topological polar surface area (TPSA) is 34.1 Å². The van der Waals surface area contributed by atoms with Gasteiger partial charge in [-0.25, -0.2) is 9.36 Å². The van der Waals surface area contributed by atoms with Crippen LogP contribution in [0.1, 0.15) is 16.7 Å². The van der Waals surface area contributed by atoms with Crippen molar-refractivity contribution in [3.05, 3.63) is 100 Å². The zero-order valence-electron chi connectivity index (χ0n) is 14.9. The van der Waals surface area contributed by atoms with E-state index in [9.17, 15) is 4.79 Å². The van der Waals surface area contributed by atoms with Gasteiger partial charge in [0.1, 0.15) is 5.58 Å². The number of aromatic nitrogens is 1. The van der Waals surface area contributed by atoms with Crippen LogP contribution in [0.5, 0.6) is 0 Å². The van der Waals surface area contributed by atoms with Crippen molar-refractivity contribution in [3.8, 4) is 11.1 Å². The second-order valence-electron chi connectivity index (χ2n) is 6.65. The molecule has 4 rings (SSSR count). The summed E-state index contributed by atoms with van der Waals surface area (Å²) in [5.41, 5.74) is 5.94. The van der Waals surface area contributed by atoms with Gasteiger partial charge in [0.15, 0.2) is 18.9 Å². The monoisotopic (exact) mass is 342 g/mol. The van der Waals surface area contributed by atoms with Gasteiger partial charge >= 0.3 is 5.63 Å². The summed E-state index contributed by atoms with van der Waals surface area (Å²) in [6.45, 7) is 4.72. The number of rotatable bonds is 3. The smallest absolute Gasteiger partial charge is 0.336 e. The third kappa shape index (κ3) is 3.16. The normalized spacial score (nSPS) is 11.0. The molecule has 26 heavy (non-hydrogen) atoms. The fourth-order valence-corrected chi connectivity index (χ4v) is 3.23. The molecule has 2 heterocycles. The number of fused-ring (bicyclic) bond motifs is 1. The van der Waals surface area contributed by atoms with E-state index in [1.807, 2.05) is 43.5 Å². The fraction of sp³-hybridized carbons (Fsp3) is 0.130. The Bertz CT molecular complexity index is 1140. The van der Waals surface area contributed by atoms with E-state index in [2.05, 4.69) is 42.0 Å². The van der Waals surface area contributed by atoms with Crippen molar-refractivity contribution in [1.82, 2.24) is 0 Å². The Morgan fingerprint density at radius 3 is 2.42 bits per heavy atom. The molecular weight excluding hydrogens is 322 g/mol. The molecule has 0 saturated heterocycles. The van der Waals surface area contributed by atoms with Crippen molar-refractivity contribution in [2.75, 3.05) is 0 Å². The van der Waals surface area contributed by atoms with Crippen LogP contribution in [-0.4, -0.2) is 0 Å². The molecule has 2 aromatic heterocycles. The minimum Gasteiger partial charge on any atom is -0.423 e. The number of benzene rings is 2. The van der Waals surface area contributed by atoms with Crippen LogP contribution in [-0.2, 0) is 6.54 Å². The van der Waals surface area contributed by atoms with Crippen molar-refractivity contribution in [1.29, 1.82) is 0 Å². The van der Waals surface area contributed by atoms with E-state index in [0.717, 1.165) is 22.1 Å². The zero-order valence-corrected chi connectivity index (χ0v) is 14.9. The van der Waals surface area contributed by atoms with Gasteiger partial charge < -0.3 is 4.42 Å². The molecule has 0 saturated carbocycles. The Morgan fingerprint density at radius 2 is 1.62 bits per heavy atom. The summed E-state index contributed by atoms with van der Waals surface area (Å²) in [4.78, 5) is 12.0. The highest BCUT2D eigenvalue weighted by Crippen LogP contribution is 2.22. The van der Waals surface area contributed by atoms with Gasteiger partial charge in [0.2, 0.25) is 0 Å². The molecule has 4 aromatic rings. The lowest BCUT2D eigenvalue weighted by atomic mass is 10.0. The molecule has 128 valence electrons. The van der Waals surface area contributed by atoms with Crippen LogP contribution in [0.3, 0.4) is 0 Å². The van der Waals surface area contributed by atoms with Crippen molar-refractivity contribution in [2.24, 2.45) is 0 Å². The van der Waals surface area contributed by atoms with Gasteiger partial charge in [0.05, 0.1) is 0 Å². The van der Waals surface area contributed by atoms with Crippen molar-refractivity contribution < 1.29 is 8.98 Å². The Labute approximate surface area is 152 Å². The van der Waals surface area contributed by atoms with Crippen molar-refractivity contribution in [2.45, 2.75) is 20.4 Å². The van der Waals surface area contributed by atoms with E-state index < -0.39 is 0 Å². The summed E-state index contributed by atoms with van der Waals surface area (Å²) in [5.74, 6) is 0. The molecule has 0 aliphatic rings. The second-order valence-corrected chi connectivity index (χ2v) is 6.65. The predicted molar refractivity (Wildman–Crippen MR) is 103 cm³/mol. The highest BCUT2D eigenvalue weighted by Gasteiger charge is 2.12. The number of hydrogen-bond acceptors (Lipinski definition) is 2. The minimum absolute atomic E-state index is 0.310. The molecule has 0 spiro atoms. The maximum Gasteiger partial charge on any atom is 0.336 e. The van der Waals surface area contributed by atoms with Crippen molar-refractivity contribution >= 4 is 11.0 Å². The van der Waals surface area contributed by atoms with E-state index in [1.165, 1.54) is 11.1 Å². The number of aryl methyl sites for hydroxylation is 2. The SMILES string of the molecule is Cc1cc2oc(=O)cc(C[n+]3cccc(-c4ccccc4)c3)c2cc1C. The van der Waals surface area contributed by atoms with E-state index in [0.29, 0.717) is 12.1 Å². The Kier molecular flexibility index (Phi) is 4.13. The molecule has 0 unspecified atom stereocenters. The van der Waals surface area contributed by atoms with E-state index >= 15 is 0 Å². The zero-order chi connectivity index (χ0) is 18.1. The van der Waals surface area contributed by atoms with E-state index in [4.69, 9.17) is 4.42 Å². The summed E-state index contributed by atoms with van der Waals surface area (Å²) >= 11 is 0. The second kappa shape index (κ2) is 6.60. The van der Waals surface area contributed by atoms with Gasteiger partial charge in [0.25, 0.3) is 0 Å². The molecule has 3 heteroatoms. The van der Waals surface area contributed by atoms with Gasteiger partial charge in [-0.2, -0.15) is 0 Å². The van der Waals surface area contributed by atoms with Crippen molar-refractivity contribution in [3.63, 3.8) is 0 Å². The summed E-state index contributed by atoms with van der Waals surface area (Å²) in [7, 11) is 0. The van der Waals surface area contributed by atoms with Crippen LogP contribution in [0.25, 0.3) is 22.1 Å². The third-order valence-electron chi connectivity index (χ3n) is 4.76. The lowest BCUT2D eigenvalue weighted by Crippen LogP contribution is -2.33. The number of nitrogens with zero attached hydrogens (tertiary/aromatic N) is 1. The Balaban J connectivity index is 1.78. The summed E-state index contributed by atoms with van der Waals surface area (Å²) in [6.07, 6.45) is 4.13. The maximum absolute atomic E-state index is 12.0. The van der Waals surface area contributed by atoms with Crippen LogP contribution >= 0.6 is 0 Å². The highest BCUT2D eigenvalue weighted by atomic mass is 16.4. The van der Waals surface area contributed by atoms with Gasteiger partial charge in [-0.15, -0.1) is 0 Å². The van der Waals surface area contributed by atoms with Crippen LogP contribution < -0.4 is 10.2 Å². The molecule has 0 atom stereocenters. The highest BCUT2D eigenvalue weighted by molar-refractivity contribution is 5.81. The molecule has 0 amide bonds. The molecule has 0 radical (unpaired) electrons. The van der Waals surface area contributed by atoms with Crippen LogP contribution in [0, 0.1) is 13.8 Å². The molecule has 0 aliphatic carbocycles. The molecule has 2 aromatic carbocycles. The molecule has 0 fully saturated rings. The van der Waals surface area contributed by atoms with E-state index in [-0.39, 0.29) is 5.63 Å². The maximum atomic E-state index is 12.0. The van der Waals surface area contributed by atoms with Gasteiger partial charge in [-0.3, -0.25) is 0 Å². The quantitative estimate of drug-likeness (QED) is 0.408. The van der Waals surface area contributed by atoms with Gasteiger partial charge in [-0.1, -0.05) is 30.3 Å². The third-order valence-corrected chi connectivity index (χ3v) is 4.76. The first-order chi connectivity index (χ1) is 12.6. The first-order valence-corrected chi connectivity index (χ1v) is 8.69. The first kappa shape index (κ1) is 16.3. The van der Waals surface area contributed by atoms with Gasteiger partial charge in [0, 0.05) is 28.6 Å². The summed E-state index contributed by atoms with van der Waals surface area (Å²) in [6, 6.07) is 20.0. The van der Waals surface area contributed by atoms with Gasteiger partial charge in [-0.05, 0) is 48.7 Å².